The van der Waals surface area contributed by atoms with Crippen molar-refractivity contribution in [1.82, 2.24) is 5.32 Å². The lowest BCUT2D eigenvalue weighted by Gasteiger charge is -2.23. The standard InChI is InChI=1S/C15H21NO3/c1-4-12(15(18)19)16-14(17)13(10(2)3)11-8-6-5-7-9-11/h5-10,12-13H,4H2,1-3H3,(H,16,17)(H,18,19)/t12-,13+/m0/s1. The topological polar surface area (TPSA) is 66.4 Å². The molecule has 0 aliphatic rings. The smallest absolute Gasteiger partial charge is 0.326 e. The van der Waals surface area contributed by atoms with Gasteiger partial charge >= 0.3 is 5.97 Å². The van der Waals surface area contributed by atoms with Crippen LogP contribution in [0.2, 0.25) is 0 Å². The fourth-order valence-electron chi connectivity index (χ4n) is 2.10. The van der Waals surface area contributed by atoms with Crippen LogP contribution in [0, 0.1) is 5.92 Å². The molecule has 1 amide bonds. The monoisotopic (exact) mass is 263 g/mol. The van der Waals surface area contributed by atoms with Crippen LogP contribution in [0.1, 0.15) is 38.7 Å². The van der Waals surface area contributed by atoms with Crippen LogP contribution >= 0.6 is 0 Å². The molecule has 1 aromatic rings. The molecule has 104 valence electrons. The van der Waals surface area contributed by atoms with E-state index in [0.717, 1.165) is 5.56 Å². The molecule has 4 heteroatoms. The Balaban J connectivity index is 2.89. The molecular weight excluding hydrogens is 242 g/mol. The number of carboxylic acids is 1. The molecular formula is C15H21NO3. The van der Waals surface area contributed by atoms with Crippen molar-refractivity contribution in [3.05, 3.63) is 35.9 Å². The maximum Gasteiger partial charge on any atom is 0.326 e. The summed E-state index contributed by atoms with van der Waals surface area (Å²) in [6.45, 7) is 5.66. The molecule has 0 aliphatic heterocycles. The lowest BCUT2D eigenvalue weighted by molar-refractivity contribution is -0.142. The molecule has 19 heavy (non-hydrogen) atoms. The van der Waals surface area contributed by atoms with E-state index in [-0.39, 0.29) is 17.7 Å². The fourth-order valence-corrected chi connectivity index (χ4v) is 2.10. The molecule has 0 heterocycles. The van der Waals surface area contributed by atoms with Crippen molar-refractivity contribution in [1.29, 1.82) is 0 Å². The zero-order valence-electron chi connectivity index (χ0n) is 11.6. The van der Waals surface area contributed by atoms with Crippen molar-refractivity contribution in [2.45, 2.75) is 39.2 Å². The Hall–Kier alpha value is -1.84. The largest absolute Gasteiger partial charge is 0.480 e. The van der Waals surface area contributed by atoms with Crippen molar-refractivity contribution in [3.8, 4) is 0 Å². The SMILES string of the molecule is CC[C@H](NC(=O)[C@@H](c1ccccc1)C(C)C)C(=O)O. The van der Waals surface area contributed by atoms with Gasteiger partial charge in [-0.1, -0.05) is 51.1 Å². The summed E-state index contributed by atoms with van der Waals surface area (Å²) in [6, 6.07) is 8.62. The van der Waals surface area contributed by atoms with Crippen molar-refractivity contribution >= 4 is 11.9 Å². The van der Waals surface area contributed by atoms with Gasteiger partial charge in [-0.2, -0.15) is 0 Å². The van der Waals surface area contributed by atoms with Crippen molar-refractivity contribution in [2.24, 2.45) is 5.92 Å². The van der Waals surface area contributed by atoms with E-state index in [1.165, 1.54) is 0 Å². The third-order valence-corrected chi connectivity index (χ3v) is 3.13. The Kier molecular flexibility index (Phi) is 5.55. The van der Waals surface area contributed by atoms with E-state index in [1.807, 2.05) is 44.2 Å². The number of hydrogen-bond donors (Lipinski definition) is 2. The number of hydrogen-bond acceptors (Lipinski definition) is 2. The zero-order valence-corrected chi connectivity index (χ0v) is 11.6. The second kappa shape index (κ2) is 6.92. The summed E-state index contributed by atoms with van der Waals surface area (Å²) in [5.41, 5.74) is 0.912. The number of nitrogens with one attached hydrogen (secondary N) is 1. The van der Waals surface area contributed by atoms with Crippen LogP contribution in [0.25, 0.3) is 0 Å². The molecule has 0 saturated heterocycles. The summed E-state index contributed by atoms with van der Waals surface area (Å²) in [4.78, 5) is 23.3. The van der Waals surface area contributed by atoms with E-state index in [9.17, 15) is 9.59 Å². The van der Waals surface area contributed by atoms with Gasteiger partial charge in [0.15, 0.2) is 0 Å². The predicted molar refractivity (Wildman–Crippen MR) is 73.9 cm³/mol. The molecule has 0 aromatic heterocycles. The molecule has 2 N–H and O–H groups in total. The normalized spacial score (nSPS) is 13.9. The first-order valence-electron chi connectivity index (χ1n) is 6.55. The molecule has 0 saturated carbocycles. The van der Waals surface area contributed by atoms with Crippen LogP contribution in [0.5, 0.6) is 0 Å². The maximum atomic E-state index is 12.3. The molecule has 0 unspecified atom stereocenters. The van der Waals surface area contributed by atoms with Crippen LogP contribution in [-0.2, 0) is 9.59 Å². The third-order valence-electron chi connectivity index (χ3n) is 3.13. The Morgan fingerprint density at radius 1 is 1.21 bits per heavy atom. The van der Waals surface area contributed by atoms with Gasteiger partial charge in [-0.25, -0.2) is 4.79 Å². The highest BCUT2D eigenvalue weighted by Gasteiger charge is 2.27. The van der Waals surface area contributed by atoms with Crippen molar-refractivity contribution in [3.63, 3.8) is 0 Å². The first-order valence-corrected chi connectivity index (χ1v) is 6.55. The number of amides is 1. The highest BCUT2D eigenvalue weighted by Crippen LogP contribution is 2.24. The van der Waals surface area contributed by atoms with E-state index < -0.39 is 12.0 Å². The average molecular weight is 263 g/mol. The minimum atomic E-state index is -0.994. The molecule has 0 fully saturated rings. The molecule has 4 nitrogen and oxygen atoms in total. The molecule has 2 atom stereocenters. The maximum absolute atomic E-state index is 12.3. The highest BCUT2D eigenvalue weighted by atomic mass is 16.4. The molecule has 1 rings (SSSR count). The number of benzene rings is 1. The number of aliphatic carboxylic acids is 1. The van der Waals surface area contributed by atoms with Gasteiger partial charge < -0.3 is 10.4 Å². The van der Waals surface area contributed by atoms with E-state index in [4.69, 9.17) is 5.11 Å². The fraction of sp³-hybridized carbons (Fsp3) is 0.467. The number of carbonyl (C=O) groups excluding carboxylic acids is 1. The van der Waals surface area contributed by atoms with Crippen molar-refractivity contribution < 1.29 is 14.7 Å². The van der Waals surface area contributed by atoms with E-state index in [0.29, 0.717) is 6.42 Å². The van der Waals surface area contributed by atoms with Crippen LogP contribution in [-0.4, -0.2) is 23.0 Å². The Bertz CT molecular complexity index is 428. The van der Waals surface area contributed by atoms with E-state index in [1.54, 1.807) is 6.92 Å². The quantitative estimate of drug-likeness (QED) is 0.828. The van der Waals surface area contributed by atoms with Crippen LogP contribution in [0.15, 0.2) is 30.3 Å². The molecule has 0 radical (unpaired) electrons. The summed E-state index contributed by atoms with van der Waals surface area (Å²) in [5, 5.41) is 11.6. The zero-order chi connectivity index (χ0) is 14.4. The molecule has 0 spiro atoms. The lowest BCUT2D eigenvalue weighted by Crippen LogP contribution is -2.43. The summed E-state index contributed by atoms with van der Waals surface area (Å²) in [6.07, 6.45) is 0.376. The van der Waals surface area contributed by atoms with Crippen LogP contribution in [0.3, 0.4) is 0 Å². The van der Waals surface area contributed by atoms with Crippen LogP contribution < -0.4 is 5.32 Å². The third kappa shape index (κ3) is 4.09. The minimum absolute atomic E-state index is 0.105. The summed E-state index contributed by atoms with van der Waals surface area (Å²) < 4.78 is 0. The van der Waals surface area contributed by atoms with E-state index in [2.05, 4.69) is 5.32 Å². The van der Waals surface area contributed by atoms with Gasteiger partial charge in [0.2, 0.25) is 5.91 Å². The van der Waals surface area contributed by atoms with Gasteiger partial charge in [-0.05, 0) is 17.9 Å². The first kappa shape index (κ1) is 15.2. The van der Waals surface area contributed by atoms with Gasteiger partial charge in [0, 0.05) is 0 Å². The predicted octanol–water partition coefficient (Wildman–Crippen LogP) is 2.41. The van der Waals surface area contributed by atoms with Crippen LogP contribution in [0.4, 0.5) is 0 Å². The Labute approximate surface area is 113 Å². The number of carbonyl (C=O) groups is 2. The van der Waals surface area contributed by atoms with Gasteiger partial charge in [-0.15, -0.1) is 0 Å². The second-order valence-electron chi connectivity index (χ2n) is 4.94. The van der Waals surface area contributed by atoms with Gasteiger partial charge in [0.25, 0.3) is 0 Å². The first-order chi connectivity index (χ1) is 8.97. The lowest BCUT2D eigenvalue weighted by atomic mass is 9.87. The number of rotatable bonds is 6. The highest BCUT2D eigenvalue weighted by molar-refractivity contribution is 5.88. The van der Waals surface area contributed by atoms with Gasteiger partial charge in [0.1, 0.15) is 6.04 Å². The number of carboxylic acid groups (broad SMARTS) is 1. The van der Waals surface area contributed by atoms with Gasteiger partial charge in [-0.3, -0.25) is 4.79 Å². The Morgan fingerprint density at radius 3 is 2.21 bits per heavy atom. The minimum Gasteiger partial charge on any atom is -0.480 e. The van der Waals surface area contributed by atoms with Gasteiger partial charge in [0.05, 0.1) is 5.92 Å². The molecule has 1 aromatic carbocycles. The second-order valence-corrected chi connectivity index (χ2v) is 4.94. The molecule has 0 bridgehead atoms. The average Bonchev–Trinajstić information content (AvgIpc) is 2.36. The Morgan fingerprint density at radius 2 is 1.79 bits per heavy atom. The summed E-state index contributed by atoms with van der Waals surface area (Å²) >= 11 is 0. The summed E-state index contributed by atoms with van der Waals surface area (Å²) in [7, 11) is 0. The van der Waals surface area contributed by atoms with E-state index >= 15 is 0 Å². The molecule has 0 aliphatic carbocycles. The summed E-state index contributed by atoms with van der Waals surface area (Å²) in [5.74, 6) is -1.44. The van der Waals surface area contributed by atoms with Crippen molar-refractivity contribution in [2.75, 3.05) is 0 Å².